The normalized spacial score (nSPS) is 29.0. The molecule has 2 fully saturated rings. The molecule has 2 saturated heterocycles. The van der Waals surface area contributed by atoms with Gasteiger partial charge in [-0.1, -0.05) is 13.8 Å². The number of nitrogens with zero attached hydrogens (tertiary/aromatic N) is 1. The molecular weight excluding hydrogens is 298 g/mol. The van der Waals surface area contributed by atoms with E-state index in [0.29, 0.717) is 32.1 Å². The number of ether oxygens (including phenoxy) is 1. The summed E-state index contributed by atoms with van der Waals surface area (Å²) >= 11 is 1.87. The maximum atomic E-state index is 11.8. The third-order valence-electron chi connectivity index (χ3n) is 4.91. The molecule has 22 heavy (non-hydrogen) atoms. The fourth-order valence-corrected chi connectivity index (χ4v) is 5.04. The summed E-state index contributed by atoms with van der Waals surface area (Å²) < 4.78 is 5.52. The van der Waals surface area contributed by atoms with Gasteiger partial charge in [0.2, 0.25) is 0 Å². The molecule has 0 radical (unpaired) electrons. The van der Waals surface area contributed by atoms with Crippen molar-refractivity contribution in [3.8, 4) is 0 Å². The number of aliphatic carboxylic acids is 1. The van der Waals surface area contributed by atoms with Crippen molar-refractivity contribution in [2.45, 2.75) is 33.2 Å². The molecule has 0 aromatic carbocycles. The molecule has 1 N–H and O–H groups in total. The smallest absolute Gasteiger partial charge is 0.311 e. The van der Waals surface area contributed by atoms with E-state index in [-0.39, 0.29) is 5.92 Å². The highest BCUT2D eigenvalue weighted by atomic mass is 32.1. The van der Waals surface area contributed by atoms with Gasteiger partial charge in [0.25, 0.3) is 0 Å². The lowest BCUT2D eigenvalue weighted by atomic mass is 9.74. The van der Waals surface area contributed by atoms with Gasteiger partial charge in [-0.15, -0.1) is 11.3 Å². The van der Waals surface area contributed by atoms with Crippen molar-refractivity contribution < 1.29 is 14.6 Å². The number of hydrogen-bond donors (Lipinski definition) is 1. The summed E-state index contributed by atoms with van der Waals surface area (Å²) in [5, 5.41) is 9.71. The molecule has 4 nitrogen and oxygen atoms in total. The van der Waals surface area contributed by atoms with Gasteiger partial charge in [-0.3, -0.25) is 9.69 Å². The lowest BCUT2D eigenvalue weighted by Gasteiger charge is -2.34. The first-order valence-corrected chi connectivity index (χ1v) is 8.92. The summed E-state index contributed by atoms with van der Waals surface area (Å²) in [6.07, 6.45) is 1.77. The van der Waals surface area contributed by atoms with Crippen LogP contribution < -0.4 is 0 Å². The third kappa shape index (κ3) is 3.07. The summed E-state index contributed by atoms with van der Waals surface area (Å²) in [4.78, 5) is 16.9. The molecule has 2 atom stereocenters. The lowest BCUT2D eigenvalue weighted by molar-refractivity contribution is -0.157. The van der Waals surface area contributed by atoms with Crippen LogP contribution in [0.5, 0.6) is 0 Å². The van der Waals surface area contributed by atoms with Crippen LogP contribution in [-0.2, 0) is 22.5 Å². The summed E-state index contributed by atoms with van der Waals surface area (Å²) in [6.45, 7) is 8.01. The molecule has 0 unspecified atom stereocenters. The minimum Gasteiger partial charge on any atom is -0.481 e. The second kappa shape index (κ2) is 6.30. The van der Waals surface area contributed by atoms with Crippen molar-refractivity contribution >= 4 is 17.3 Å². The molecular formula is C17H25NO3S. The van der Waals surface area contributed by atoms with Crippen LogP contribution >= 0.6 is 11.3 Å². The van der Waals surface area contributed by atoms with E-state index in [9.17, 15) is 9.90 Å². The molecule has 122 valence electrons. The van der Waals surface area contributed by atoms with Crippen LogP contribution in [0.3, 0.4) is 0 Å². The average Bonchev–Trinajstić information content (AvgIpc) is 3.02. The van der Waals surface area contributed by atoms with Gasteiger partial charge in [0, 0.05) is 41.9 Å². The highest BCUT2D eigenvalue weighted by Gasteiger charge is 2.53. The zero-order chi connectivity index (χ0) is 15.7. The Kier molecular flexibility index (Phi) is 4.57. The van der Waals surface area contributed by atoms with Crippen LogP contribution in [0.2, 0.25) is 0 Å². The summed E-state index contributed by atoms with van der Waals surface area (Å²) in [5.41, 5.74) is -0.587. The summed E-state index contributed by atoms with van der Waals surface area (Å²) in [6, 6.07) is 4.42. The number of thiophene rings is 1. The van der Waals surface area contributed by atoms with Crippen molar-refractivity contribution in [1.82, 2.24) is 4.90 Å². The van der Waals surface area contributed by atoms with Gasteiger partial charge in [0.1, 0.15) is 0 Å². The number of rotatable bonds is 5. The quantitative estimate of drug-likeness (QED) is 0.905. The van der Waals surface area contributed by atoms with E-state index in [0.717, 1.165) is 19.5 Å². The summed E-state index contributed by atoms with van der Waals surface area (Å²) in [5.74, 6) is 0.164. The Labute approximate surface area is 136 Å². The molecule has 5 heteroatoms. The Morgan fingerprint density at radius 2 is 2.27 bits per heavy atom. The molecule has 1 aromatic rings. The number of likely N-dealkylation sites (tertiary alicyclic amines) is 1. The maximum Gasteiger partial charge on any atom is 0.311 e. The molecule has 1 aromatic heterocycles. The molecule has 2 aliphatic heterocycles. The maximum absolute atomic E-state index is 11.8. The fraction of sp³-hybridized carbons (Fsp3) is 0.706. The van der Waals surface area contributed by atoms with Gasteiger partial charge in [-0.05, 0) is 30.9 Å². The molecule has 0 saturated carbocycles. The van der Waals surface area contributed by atoms with E-state index in [1.807, 2.05) is 11.3 Å². The lowest BCUT2D eigenvalue weighted by Crippen LogP contribution is -2.44. The minimum atomic E-state index is -0.644. The van der Waals surface area contributed by atoms with E-state index in [1.54, 1.807) is 0 Å². The van der Waals surface area contributed by atoms with Crippen molar-refractivity contribution in [1.29, 1.82) is 0 Å². The number of carboxylic acids is 1. The van der Waals surface area contributed by atoms with Crippen LogP contribution in [0, 0.1) is 17.3 Å². The van der Waals surface area contributed by atoms with Gasteiger partial charge in [0.15, 0.2) is 0 Å². The zero-order valence-electron chi connectivity index (χ0n) is 13.4. The van der Waals surface area contributed by atoms with Crippen molar-refractivity contribution in [3.05, 3.63) is 21.9 Å². The zero-order valence-corrected chi connectivity index (χ0v) is 14.2. The fourth-order valence-electron chi connectivity index (χ4n) is 3.76. The molecule has 3 rings (SSSR count). The van der Waals surface area contributed by atoms with Crippen LogP contribution in [0.15, 0.2) is 12.1 Å². The topological polar surface area (TPSA) is 49.8 Å². The van der Waals surface area contributed by atoms with Gasteiger partial charge >= 0.3 is 5.97 Å². The number of carbonyl (C=O) groups is 1. The summed E-state index contributed by atoms with van der Waals surface area (Å²) in [7, 11) is 0. The van der Waals surface area contributed by atoms with Crippen LogP contribution in [0.4, 0.5) is 0 Å². The van der Waals surface area contributed by atoms with E-state index in [2.05, 4.69) is 30.9 Å². The van der Waals surface area contributed by atoms with Gasteiger partial charge in [-0.2, -0.15) is 0 Å². The minimum absolute atomic E-state index is 0.133. The molecule has 3 heterocycles. The first-order valence-electron chi connectivity index (χ1n) is 8.11. The second-order valence-corrected chi connectivity index (χ2v) is 8.37. The first kappa shape index (κ1) is 16.0. The molecule has 0 spiro atoms. The Balaban J connectivity index is 1.67. The molecule has 0 aliphatic carbocycles. The van der Waals surface area contributed by atoms with Gasteiger partial charge in [0.05, 0.1) is 12.0 Å². The van der Waals surface area contributed by atoms with Gasteiger partial charge in [-0.25, -0.2) is 0 Å². The SMILES string of the molecule is CC(C)Cc1ccc(CN2C[C@@H]3COCC[C@]3(C(=O)O)C2)s1. The van der Waals surface area contributed by atoms with E-state index < -0.39 is 11.4 Å². The second-order valence-electron chi connectivity index (χ2n) is 7.12. The average molecular weight is 323 g/mol. The Morgan fingerprint density at radius 1 is 1.50 bits per heavy atom. The van der Waals surface area contributed by atoms with E-state index in [1.165, 1.54) is 9.75 Å². The van der Waals surface area contributed by atoms with E-state index >= 15 is 0 Å². The molecule has 0 bridgehead atoms. The molecule has 2 aliphatic rings. The third-order valence-corrected chi connectivity index (χ3v) is 6.00. The highest BCUT2D eigenvalue weighted by molar-refractivity contribution is 7.11. The Hall–Kier alpha value is -0.910. The Bertz CT molecular complexity index is 542. The predicted molar refractivity (Wildman–Crippen MR) is 87.1 cm³/mol. The van der Waals surface area contributed by atoms with Crippen LogP contribution in [0.1, 0.15) is 30.0 Å². The van der Waals surface area contributed by atoms with Crippen molar-refractivity contribution in [3.63, 3.8) is 0 Å². The van der Waals surface area contributed by atoms with Crippen molar-refractivity contribution in [2.75, 3.05) is 26.3 Å². The standard InChI is InChI=1S/C17H25NO3S/c1-12(2)7-14-3-4-15(22-14)9-18-8-13-10-21-6-5-17(13,11-18)16(19)20/h3-4,12-13H,5-11H2,1-2H3,(H,19,20)/t13-,17+/m1/s1. The number of carboxylic acid groups (broad SMARTS) is 1. The van der Waals surface area contributed by atoms with E-state index in [4.69, 9.17) is 4.74 Å². The predicted octanol–water partition coefficient (Wildman–Crippen LogP) is 2.87. The van der Waals surface area contributed by atoms with Gasteiger partial charge < -0.3 is 9.84 Å². The Morgan fingerprint density at radius 3 is 2.95 bits per heavy atom. The molecule has 0 amide bonds. The van der Waals surface area contributed by atoms with Crippen molar-refractivity contribution in [2.24, 2.45) is 17.3 Å². The first-order chi connectivity index (χ1) is 10.5. The number of hydrogen-bond acceptors (Lipinski definition) is 4. The number of fused-ring (bicyclic) bond motifs is 1. The largest absolute Gasteiger partial charge is 0.481 e. The highest BCUT2D eigenvalue weighted by Crippen LogP contribution is 2.43. The monoisotopic (exact) mass is 323 g/mol. The van der Waals surface area contributed by atoms with Crippen LogP contribution in [-0.4, -0.2) is 42.3 Å². The van der Waals surface area contributed by atoms with Crippen LogP contribution in [0.25, 0.3) is 0 Å².